The van der Waals surface area contributed by atoms with Crippen molar-refractivity contribution in [3.63, 3.8) is 0 Å². The van der Waals surface area contributed by atoms with Crippen LogP contribution >= 0.6 is 0 Å². The Bertz CT molecular complexity index is 279. The van der Waals surface area contributed by atoms with Crippen LogP contribution in [-0.4, -0.2) is 34.7 Å². The van der Waals surface area contributed by atoms with Crippen LogP contribution in [0.3, 0.4) is 0 Å². The van der Waals surface area contributed by atoms with Gasteiger partial charge in [-0.25, -0.2) is 4.79 Å². The van der Waals surface area contributed by atoms with E-state index in [9.17, 15) is 9.59 Å². The normalized spacial score (nSPS) is 11.8. The van der Waals surface area contributed by atoms with Gasteiger partial charge in [0.25, 0.3) is 0 Å². The summed E-state index contributed by atoms with van der Waals surface area (Å²) < 4.78 is 0. The largest absolute Gasteiger partial charge is 0.480 e. The van der Waals surface area contributed by atoms with Crippen LogP contribution in [0, 0.1) is 0 Å². The first kappa shape index (κ1) is 17.6. The highest BCUT2D eigenvalue weighted by Crippen LogP contribution is 2.08. The lowest BCUT2D eigenvalue weighted by Gasteiger charge is -2.11. The Morgan fingerprint density at radius 3 is 2.21 bits per heavy atom. The second kappa shape index (κ2) is 11.7. The lowest BCUT2D eigenvalue weighted by atomic mass is 10.1. The van der Waals surface area contributed by atoms with E-state index >= 15 is 0 Å². The molecular weight excluding hydrogens is 246 g/mol. The molecule has 5 nitrogen and oxygen atoms in total. The average molecular weight is 271 g/mol. The van der Waals surface area contributed by atoms with E-state index in [-0.39, 0.29) is 5.91 Å². The second-order valence-electron chi connectivity index (χ2n) is 4.59. The molecule has 0 aliphatic carbocycles. The summed E-state index contributed by atoms with van der Waals surface area (Å²) in [7, 11) is 0. The number of aliphatic carboxylic acids is 1. The molecule has 0 aromatic carbocycles. The first-order valence-electron chi connectivity index (χ1n) is 6.85. The Hall–Kier alpha value is -1.36. The van der Waals surface area contributed by atoms with Crippen molar-refractivity contribution in [1.82, 2.24) is 5.32 Å². The van der Waals surface area contributed by atoms with E-state index < -0.39 is 18.6 Å². The zero-order valence-corrected chi connectivity index (χ0v) is 11.4. The topological polar surface area (TPSA) is 86.6 Å². The van der Waals surface area contributed by atoms with Gasteiger partial charge in [0, 0.05) is 6.42 Å². The summed E-state index contributed by atoms with van der Waals surface area (Å²) in [6.07, 6.45) is 9.62. The number of unbranched alkanes of at least 4 members (excludes halogenated alkanes) is 6. The van der Waals surface area contributed by atoms with Crippen molar-refractivity contribution in [3.8, 4) is 0 Å². The van der Waals surface area contributed by atoms with Gasteiger partial charge >= 0.3 is 5.97 Å². The van der Waals surface area contributed by atoms with Crippen LogP contribution in [0.2, 0.25) is 0 Å². The van der Waals surface area contributed by atoms with Crippen LogP contribution in [-0.2, 0) is 9.59 Å². The van der Waals surface area contributed by atoms with E-state index in [0.717, 1.165) is 32.1 Å². The van der Waals surface area contributed by atoms with Gasteiger partial charge in [0.05, 0.1) is 6.61 Å². The maximum Gasteiger partial charge on any atom is 0.328 e. The highest BCUT2D eigenvalue weighted by atomic mass is 16.4. The number of rotatable bonds is 12. The molecule has 0 rings (SSSR count). The van der Waals surface area contributed by atoms with Gasteiger partial charge in [0.2, 0.25) is 5.91 Å². The summed E-state index contributed by atoms with van der Waals surface area (Å²) in [4.78, 5) is 22.0. The van der Waals surface area contributed by atoms with Crippen LogP contribution in [0.1, 0.15) is 51.4 Å². The van der Waals surface area contributed by atoms with Crippen molar-refractivity contribution >= 4 is 11.9 Å². The van der Waals surface area contributed by atoms with Gasteiger partial charge in [-0.15, -0.1) is 6.58 Å². The molecule has 110 valence electrons. The number of hydrogen-bond acceptors (Lipinski definition) is 3. The molecular formula is C14H25NO4. The maximum absolute atomic E-state index is 11.4. The molecule has 3 N–H and O–H groups in total. The van der Waals surface area contributed by atoms with Crippen molar-refractivity contribution in [2.24, 2.45) is 0 Å². The van der Waals surface area contributed by atoms with E-state index in [2.05, 4.69) is 11.9 Å². The van der Waals surface area contributed by atoms with Crippen LogP contribution in [0.4, 0.5) is 0 Å². The Labute approximate surface area is 114 Å². The first-order chi connectivity index (χ1) is 9.11. The summed E-state index contributed by atoms with van der Waals surface area (Å²) in [6.45, 7) is 3.09. The summed E-state index contributed by atoms with van der Waals surface area (Å²) >= 11 is 0. The van der Waals surface area contributed by atoms with E-state index in [1.807, 2.05) is 6.08 Å². The van der Waals surface area contributed by atoms with Gasteiger partial charge in [0.15, 0.2) is 0 Å². The summed E-state index contributed by atoms with van der Waals surface area (Å²) in [5.41, 5.74) is 0. The number of nitrogens with one attached hydrogen (secondary N) is 1. The Morgan fingerprint density at radius 2 is 1.68 bits per heavy atom. The minimum atomic E-state index is -1.21. The molecule has 0 bridgehead atoms. The summed E-state index contributed by atoms with van der Waals surface area (Å²) in [5, 5.41) is 19.7. The lowest BCUT2D eigenvalue weighted by Crippen LogP contribution is -2.43. The van der Waals surface area contributed by atoms with Crippen LogP contribution in [0.25, 0.3) is 0 Å². The van der Waals surface area contributed by atoms with E-state index in [0.29, 0.717) is 6.42 Å². The summed E-state index contributed by atoms with van der Waals surface area (Å²) in [5.74, 6) is -1.52. The quantitative estimate of drug-likeness (QED) is 0.373. The Balaban J connectivity index is 3.48. The fraction of sp³-hybridized carbons (Fsp3) is 0.714. The van der Waals surface area contributed by atoms with Crippen molar-refractivity contribution in [2.45, 2.75) is 57.4 Å². The molecule has 1 amide bonds. The number of carbonyl (C=O) groups excluding carboxylic acids is 1. The van der Waals surface area contributed by atoms with Crippen molar-refractivity contribution < 1.29 is 19.8 Å². The summed E-state index contributed by atoms with van der Waals surface area (Å²) in [6, 6.07) is -1.19. The zero-order valence-electron chi connectivity index (χ0n) is 11.4. The molecule has 0 aromatic rings. The molecule has 0 heterocycles. The predicted octanol–water partition coefficient (Wildman–Crippen LogP) is 1.85. The minimum Gasteiger partial charge on any atom is -0.480 e. The van der Waals surface area contributed by atoms with Crippen LogP contribution in [0.5, 0.6) is 0 Å². The number of allylic oxidation sites excluding steroid dienone is 1. The Kier molecular flexibility index (Phi) is 10.9. The second-order valence-corrected chi connectivity index (χ2v) is 4.59. The first-order valence-corrected chi connectivity index (χ1v) is 6.85. The number of carboxylic acids is 1. The molecule has 0 aliphatic rings. The van der Waals surface area contributed by atoms with Gasteiger partial charge in [-0.05, 0) is 19.3 Å². The lowest BCUT2D eigenvalue weighted by molar-refractivity contribution is -0.142. The molecule has 0 fully saturated rings. The molecule has 5 heteroatoms. The molecule has 0 saturated heterocycles. The fourth-order valence-electron chi connectivity index (χ4n) is 1.73. The third-order valence-corrected chi connectivity index (χ3v) is 2.88. The predicted molar refractivity (Wildman–Crippen MR) is 73.8 cm³/mol. The highest BCUT2D eigenvalue weighted by molar-refractivity contribution is 5.83. The maximum atomic E-state index is 11.4. The van der Waals surface area contributed by atoms with E-state index in [4.69, 9.17) is 10.2 Å². The molecule has 0 radical (unpaired) electrons. The molecule has 19 heavy (non-hydrogen) atoms. The van der Waals surface area contributed by atoms with E-state index in [1.165, 1.54) is 12.8 Å². The molecule has 0 aromatic heterocycles. The third kappa shape index (κ3) is 10.3. The fourth-order valence-corrected chi connectivity index (χ4v) is 1.73. The number of amides is 1. The van der Waals surface area contributed by atoms with Gasteiger partial charge in [-0.3, -0.25) is 4.79 Å². The molecule has 0 spiro atoms. The van der Waals surface area contributed by atoms with Crippen molar-refractivity contribution in [1.29, 1.82) is 0 Å². The van der Waals surface area contributed by atoms with E-state index in [1.54, 1.807) is 0 Å². The standard InChI is InChI=1S/C14H25NO4/c1-2-3-4-5-6-7-8-9-10-13(17)15-12(11-16)14(18)19/h2,12,16H,1,3-11H2,(H,15,17)(H,18,19)/t12-/m0/s1. The minimum absolute atomic E-state index is 0.312. The number of carbonyl (C=O) groups is 2. The SMILES string of the molecule is C=CCCCCCCCCC(=O)N[C@@H](CO)C(=O)O. The smallest absolute Gasteiger partial charge is 0.328 e. The third-order valence-electron chi connectivity index (χ3n) is 2.88. The van der Waals surface area contributed by atoms with Gasteiger partial charge in [-0.1, -0.05) is 31.8 Å². The van der Waals surface area contributed by atoms with Gasteiger partial charge in [0.1, 0.15) is 6.04 Å². The van der Waals surface area contributed by atoms with Crippen molar-refractivity contribution in [3.05, 3.63) is 12.7 Å². The average Bonchev–Trinajstić information content (AvgIpc) is 2.38. The van der Waals surface area contributed by atoms with Crippen LogP contribution in [0.15, 0.2) is 12.7 Å². The molecule has 0 unspecified atom stereocenters. The van der Waals surface area contributed by atoms with Crippen molar-refractivity contribution in [2.75, 3.05) is 6.61 Å². The molecule has 0 aliphatic heterocycles. The van der Waals surface area contributed by atoms with Crippen LogP contribution < -0.4 is 5.32 Å². The molecule has 0 saturated carbocycles. The number of carboxylic acid groups (broad SMARTS) is 1. The monoisotopic (exact) mass is 271 g/mol. The molecule has 1 atom stereocenters. The number of aliphatic hydroxyl groups excluding tert-OH is 1. The van der Waals surface area contributed by atoms with Gasteiger partial charge < -0.3 is 15.5 Å². The number of hydrogen-bond donors (Lipinski definition) is 3. The highest BCUT2D eigenvalue weighted by Gasteiger charge is 2.17. The van der Waals surface area contributed by atoms with Gasteiger partial charge in [-0.2, -0.15) is 0 Å². The number of aliphatic hydroxyl groups is 1. The zero-order chi connectivity index (χ0) is 14.5. The Morgan fingerprint density at radius 1 is 1.11 bits per heavy atom.